The first-order valence-electron chi connectivity index (χ1n) is 4.01. The van der Waals surface area contributed by atoms with Crippen LogP contribution in [-0.2, 0) is 16.6 Å². The summed E-state index contributed by atoms with van der Waals surface area (Å²) in [7, 11) is 3.12. The van der Waals surface area contributed by atoms with Crippen LogP contribution in [0.1, 0.15) is 17.5 Å². The number of thioether (sulfide) groups is 1. The summed E-state index contributed by atoms with van der Waals surface area (Å²) in [5.41, 5.74) is 0. The molecule has 6 nitrogen and oxygen atoms in total. The maximum atomic E-state index is 11.1. The van der Waals surface area contributed by atoms with Crippen molar-refractivity contribution in [2.45, 2.75) is 11.7 Å². The van der Waals surface area contributed by atoms with Crippen LogP contribution in [0, 0.1) is 0 Å². The summed E-state index contributed by atoms with van der Waals surface area (Å²) in [6, 6.07) is 0. The molecule has 0 aliphatic carbocycles. The van der Waals surface area contributed by atoms with E-state index >= 15 is 0 Å². The van der Waals surface area contributed by atoms with E-state index < -0.39 is 0 Å². The van der Waals surface area contributed by atoms with Gasteiger partial charge < -0.3 is 4.74 Å². The van der Waals surface area contributed by atoms with Crippen molar-refractivity contribution in [2.75, 3.05) is 13.4 Å². The zero-order valence-electron chi connectivity index (χ0n) is 8.30. The minimum absolute atomic E-state index is 0.0533. The Morgan fingerprint density at radius 2 is 2.43 bits per heavy atom. The van der Waals surface area contributed by atoms with Gasteiger partial charge >= 0.3 is 5.97 Å². The van der Waals surface area contributed by atoms with Gasteiger partial charge in [-0.3, -0.25) is 4.79 Å². The average molecular weight is 216 g/mol. The highest BCUT2D eigenvalue weighted by Gasteiger charge is 2.20. The van der Waals surface area contributed by atoms with Gasteiger partial charge in [0.2, 0.25) is 0 Å². The van der Waals surface area contributed by atoms with Gasteiger partial charge in [-0.05, 0) is 16.7 Å². The molecule has 1 rings (SSSR count). The molecule has 0 saturated heterocycles. The molecule has 0 radical (unpaired) electrons. The van der Waals surface area contributed by atoms with Crippen molar-refractivity contribution < 1.29 is 9.53 Å². The van der Waals surface area contributed by atoms with Crippen molar-refractivity contribution in [1.82, 2.24) is 20.2 Å². The maximum Gasteiger partial charge on any atom is 0.307 e. The van der Waals surface area contributed by atoms with Crippen LogP contribution < -0.4 is 0 Å². The molecule has 0 bridgehead atoms. The molecule has 0 spiro atoms. The summed E-state index contributed by atoms with van der Waals surface area (Å²) < 4.78 is 6.15. The second-order valence-electron chi connectivity index (χ2n) is 2.67. The first-order chi connectivity index (χ1) is 6.69. The summed E-state index contributed by atoms with van der Waals surface area (Å²) in [6.45, 7) is 0. The summed E-state index contributed by atoms with van der Waals surface area (Å²) in [4.78, 5) is 11.1. The van der Waals surface area contributed by atoms with E-state index in [0.29, 0.717) is 5.82 Å². The Bertz CT molecular complexity index is 314. The molecular formula is C7H12N4O2S. The quantitative estimate of drug-likeness (QED) is 0.668. The van der Waals surface area contributed by atoms with Crippen LogP contribution in [0.25, 0.3) is 0 Å². The lowest BCUT2D eigenvalue weighted by Gasteiger charge is -2.10. The Kier molecular flexibility index (Phi) is 3.87. The van der Waals surface area contributed by atoms with E-state index in [0.717, 1.165) is 0 Å². The van der Waals surface area contributed by atoms with Crippen LogP contribution in [0.3, 0.4) is 0 Å². The highest BCUT2D eigenvalue weighted by molar-refractivity contribution is 7.98. The molecule has 0 N–H and O–H groups in total. The van der Waals surface area contributed by atoms with E-state index in [-0.39, 0.29) is 17.6 Å². The van der Waals surface area contributed by atoms with Gasteiger partial charge in [-0.15, -0.1) is 5.10 Å². The number of hydrogen-bond donors (Lipinski definition) is 0. The molecule has 78 valence electrons. The molecule has 0 aliphatic heterocycles. The lowest BCUT2D eigenvalue weighted by Crippen LogP contribution is -2.10. The molecule has 1 unspecified atom stereocenters. The molecule has 1 aromatic rings. The van der Waals surface area contributed by atoms with E-state index in [9.17, 15) is 4.79 Å². The summed E-state index contributed by atoms with van der Waals surface area (Å²) in [5.74, 6) is 0.426. The van der Waals surface area contributed by atoms with Crippen molar-refractivity contribution in [3.63, 3.8) is 0 Å². The van der Waals surface area contributed by atoms with Gasteiger partial charge in [-0.2, -0.15) is 11.8 Å². The van der Waals surface area contributed by atoms with Gasteiger partial charge in [0.1, 0.15) is 0 Å². The number of nitrogens with zero attached hydrogens (tertiary/aromatic N) is 4. The fourth-order valence-corrected chi connectivity index (χ4v) is 1.74. The molecule has 0 amide bonds. The number of carbonyl (C=O) groups is 1. The van der Waals surface area contributed by atoms with Crippen LogP contribution in [0.5, 0.6) is 0 Å². The van der Waals surface area contributed by atoms with Crippen molar-refractivity contribution in [1.29, 1.82) is 0 Å². The predicted molar refractivity (Wildman–Crippen MR) is 51.7 cm³/mol. The molecule has 1 atom stereocenters. The van der Waals surface area contributed by atoms with E-state index in [4.69, 9.17) is 0 Å². The largest absolute Gasteiger partial charge is 0.469 e. The second kappa shape index (κ2) is 4.94. The third kappa shape index (κ3) is 2.44. The normalized spacial score (nSPS) is 12.5. The SMILES string of the molecule is COC(=O)CC(SC)c1nnnn1C. The predicted octanol–water partition coefficient (Wildman–Crippen LogP) is 0.177. The topological polar surface area (TPSA) is 69.9 Å². The first-order valence-corrected chi connectivity index (χ1v) is 5.29. The van der Waals surface area contributed by atoms with E-state index in [1.807, 2.05) is 6.26 Å². The van der Waals surface area contributed by atoms with Crippen molar-refractivity contribution in [3.05, 3.63) is 5.82 Å². The van der Waals surface area contributed by atoms with Crippen molar-refractivity contribution >= 4 is 17.7 Å². The third-order valence-corrected chi connectivity index (χ3v) is 2.75. The lowest BCUT2D eigenvalue weighted by molar-refractivity contribution is -0.140. The number of rotatable bonds is 4. The molecule has 0 fully saturated rings. The van der Waals surface area contributed by atoms with Gasteiger partial charge in [0.05, 0.1) is 18.8 Å². The Morgan fingerprint density at radius 3 is 2.86 bits per heavy atom. The Labute approximate surface area is 86.0 Å². The minimum atomic E-state index is -0.257. The first kappa shape index (κ1) is 11.0. The molecule has 1 aromatic heterocycles. The van der Waals surface area contributed by atoms with Gasteiger partial charge in [-0.1, -0.05) is 0 Å². The highest BCUT2D eigenvalue weighted by Crippen LogP contribution is 2.27. The number of ether oxygens (including phenoxy) is 1. The van der Waals surface area contributed by atoms with Crippen LogP contribution in [0.15, 0.2) is 0 Å². The number of tetrazole rings is 1. The number of esters is 1. The van der Waals surface area contributed by atoms with Crippen LogP contribution in [-0.4, -0.2) is 39.5 Å². The molecule has 1 heterocycles. The Balaban J connectivity index is 2.72. The zero-order valence-corrected chi connectivity index (χ0v) is 9.11. The molecule has 0 saturated carbocycles. The monoisotopic (exact) mass is 216 g/mol. The molecule has 14 heavy (non-hydrogen) atoms. The van der Waals surface area contributed by atoms with Crippen molar-refractivity contribution in [2.24, 2.45) is 7.05 Å². The van der Waals surface area contributed by atoms with Crippen molar-refractivity contribution in [3.8, 4) is 0 Å². The number of carbonyl (C=O) groups excluding carboxylic acids is 1. The van der Waals surface area contributed by atoms with Crippen LogP contribution in [0.2, 0.25) is 0 Å². The Morgan fingerprint density at radius 1 is 1.71 bits per heavy atom. The number of aryl methyl sites for hydroxylation is 1. The van der Waals surface area contributed by atoms with Gasteiger partial charge in [-0.25, -0.2) is 4.68 Å². The zero-order chi connectivity index (χ0) is 10.6. The van der Waals surface area contributed by atoms with Crippen LogP contribution >= 0.6 is 11.8 Å². The van der Waals surface area contributed by atoms with E-state index in [2.05, 4.69) is 20.3 Å². The molecule has 7 heteroatoms. The standard InChI is InChI=1S/C7H12N4O2S/c1-11-7(8-9-10-11)5(14-3)4-6(12)13-2/h5H,4H2,1-3H3. The number of hydrogen-bond acceptors (Lipinski definition) is 6. The molecule has 0 aromatic carbocycles. The number of aromatic nitrogens is 4. The summed E-state index contributed by atoms with van der Waals surface area (Å²) in [5, 5.41) is 11.0. The number of methoxy groups -OCH3 is 1. The maximum absolute atomic E-state index is 11.1. The third-order valence-electron chi connectivity index (χ3n) is 1.81. The van der Waals surface area contributed by atoms with Gasteiger partial charge in [0, 0.05) is 7.05 Å². The fourth-order valence-electron chi connectivity index (χ4n) is 1.02. The minimum Gasteiger partial charge on any atom is -0.469 e. The highest BCUT2D eigenvalue weighted by atomic mass is 32.2. The summed E-state index contributed by atoms with van der Waals surface area (Å²) in [6.07, 6.45) is 2.19. The average Bonchev–Trinajstić information content (AvgIpc) is 2.60. The van der Waals surface area contributed by atoms with E-state index in [1.165, 1.54) is 18.9 Å². The Hall–Kier alpha value is -1.11. The van der Waals surface area contributed by atoms with Crippen LogP contribution in [0.4, 0.5) is 0 Å². The lowest BCUT2D eigenvalue weighted by atomic mass is 10.3. The molecular weight excluding hydrogens is 204 g/mol. The fraction of sp³-hybridized carbons (Fsp3) is 0.714. The second-order valence-corrected chi connectivity index (χ2v) is 3.71. The van der Waals surface area contributed by atoms with Gasteiger partial charge in [0.15, 0.2) is 5.82 Å². The smallest absolute Gasteiger partial charge is 0.307 e. The summed E-state index contributed by atoms with van der Waals surface area (Å²) >= 11 is 1.52. The molecule has 0 aliphatic rings. The van der Waals surface area contributed by atoms with Gasteiger partial charge in [0.25, 0.3) is 0 Å². The van der Waals surface area contributed by atoms with E-state index in [1.54, 1.807) is 11.7 Å².